The zero-order chi connectivity index (χ0) is 10.4. The molecule has 1 radical (unpaired) electrons. The van der Waals surface area contributed by atoms with Crippen molar-refractivity contribution < 1.29 is 15.1 Å². The third-order valence-corrected chi connectivity index (χ3v) is 2.91. The van der Waals surface area contributed by atoms with Gasteiger partial charge < -0.3 is 9.90 Å². The molecule has 13 heavy (non-hydrogen) atoms. The lowest BCUT2D eigenvalue weighted by molar-refractivity contribution is -0.317. The lowest BCUT2D eigenvalue weighted by Gasteiger charge is -2.33. The number of carboxylic acids is 1. The average Bonchev–Trinajstić information content (AvgIpc) is 2.11. The maximum atomic E-state index is 11.7. The Kier molecular flexibility index (Phi) is 2.16. The zero-order valence-electron chi connectivity index (χ0n) is 8.46. The van der Waals surface area contributed by atoms with E-state index in [1.54, 1.807) is 27.7 Å². The molecule has 0 saturated carbocycles. The van der Waals surface area contributed by atoms with E-state index in [1.165, 1.54) is 0 Å². The number of rotatable bonds is 1. The van der Waals surface area contributed by atoms with Crippen molar-refractivity contribution in [2.75, 3.05) is 0 Å². The quantitative estimate of drug-likeness (QED) is 0.576. The number of carbonyl (C=O) groups is 1. The molecule has 0 aromatic heterocycles. The molecule has 0 bridgehead atoms. The number of hydrogen-bond acceptors (Lipinski definition) is 3. The Morgan fingerprint density at radius 3 is 2.00 bits per heavy atom. The van der Waals surface area contributed by atoms with Crippen molar-refractivity contribution in [3.05, 3.63) is 0 Å². The molecule has 0 spiro atoms. The molecule has 4 nitrogen and oxygen atoms in total. The maximum absolute atomic E-state index is 11.7. The minimum Gasteiger partial charge on any atom is -0.550 e. The maximum Gasteiger partial charge on any atom is 0.0524 e. The summed E-state index contributed by atoms with van der Waals surface area (Å²) in [7, 11) is 0. The van der Waals surface area contributed by atoms with Crippen molar-refractivity contribution in [1.29, 1.82) is 0 Å². The topological polar surface area (TPSA) is 63.3 Å². The third-order valence-electron chi connectivity index (χ3n) is 2.91. The number of aliphatic carboxylic acids is 1. The Balaban J connectivity index is 3.00. The normalized spacial score (nSPS) is 31.9. The lowest BCUT2D eigenvalue weighted by atomic mass is 9.87. The summed E-state index contributed by atoms with van der Waals surface area (Å²) >= 11 is 0. The van der Waals surface area contributed by atoms with E-state index in [-0.39, 0.29) is 0 Å². The summed E-state index contributed by atoms with van der Waals surface area (Å²) in [4.78, 5) is 10.8. The average molecular weight is 185 g/mol. The van der Waals surface area contributed by atoms with Gasteiger partial charge in [0.1, 0.15) is 0 Å². The Hall–Kier alpha value is -0.610. The lowest BCUT2D eigenvalue weighted by Crippen LogP contribution is -2.49. The van der Waals surface area contributed by atoms with Gasteiger partial charge in [-0.25, -0.2) is 0 Å². The first kappa shape index (κ1) is 10.5. The van der Waals surface area contributed by atoms with Gasteiger partial charge in [-0.05, 0) is 34.1 Å². The van der Waals surface area contributed by atoms with Gasteiger partial charge in [0.25, 0.3) is 0 Å². The van der Waals surface area contributed by atoms with Crippen molar-refractivity contribution in [2.24, 2.45) is 5.92 Å². The monoisotopic (exact) mass is 185 g/mol. The largest absolute Gasteiger partial charge is 0.550 e. The molecule has 1 rings (SSSR count). The molecule has 1 unspecified atom stereocenters. The van der Waals surface area contributed by atoms with Crippen molar-refractivity contribution >= 4 is 5.97 Å². The molecule has 0 aliphatic carbocycles. The first-order valence-electron chi connectivity index (χ1n) is 4.38. The van der Waals surface area contributed by atoms with Crippen LogP contribution < -0.4 is 5.11 Å². The molecule has 1 aliphatic heterocycles. The van der Waals surface area contributed by atoms with Gasteiger partial charge in [0.05, 0.1) is 5.54 Å². The van der Waals surface area contributed by atoms with E-state index in [0.29, 0.717) is 6.42 Å². The number of hydrogen-bond donors (Lipinski definition) is 0. The SMILES string of the molecule is CC1(C)CC(C(=O)[O-])C(C)(C)N1[O]. The van der Waals surface area contributed by atoms with Crippen LogP contribution in [0.1, 0.15) is 34.1 Å². The van der Waals surface area contributed by atoms with E-state index < -0.39 is 23.0 Å². The fourth-order valence-corrected chi connectivity index (χ4v) is 2.13. The summed E-state index contributed by atoms with van der Waals surface area (Å²) < 4.78 is 0. The molecule has 1 aliphatic rings. The molecular weight excluding hydrogens is 170 g/mol. The Bertz CT molecular complexity index is 235. The molecule has 1 fully saturated rings. The highest BCUT2D eigenvalue weighted by molar-refractivity contribution is 5.70. The number of carboxylic acid groups (broad SMARTS) is 1. The molecule has 0 aromatic rings. The van der Waals surface area contributed by atoms with Gasteiger partial charge in [0.15, 0.2) is 0 Å². The zero-order valence-corrected chi connectivity index (χ0v) is 8.46. The first-order valence-corrected chi connectivity index (χ1v) is 4.38. The van der Waals surface area contributed by atoms with E-state index in [9.17, 15) is 15.1 Å². The summed E-state index contributed by atoms with van der Waals surface area (Å²) in [5, 5.41) is 23.3. The van der Waals surface area contributed by atoms with Gasteiger partial charge in [0.2, 0.25) is 0 Å². The van der Waals surface area contributed by atoms with Gasteiger partial charge in [-0.1, -0.05) is 0 Å². The van der Waals surface area contributed by atoms with E-state index >= 15 is 0 Å². The summed E-state index contributed by atoms with van der Waals surface area (Å²) in [6, 6.07) is 0. The molecule has 75 valence electrons. The van der Waals surface area contributed by atoms with E-state index in [0.717, 1.165) is 5.06 Å². The number of nitrogens with zero attached hydrogens (tertiary/aromatic N) is 1. The molecule has 4 heteroatoms. The Labute approximate surface area is 78.1 Å². The number of carbonyl (C=O) groups excluding carboxylic acids is 1. The molecule has 1 saturated heterocycles. The van der Waals surface area contributed by atoms with E-state index in [4.69, 9.17) is 0 Å². The van der Waals surface area contributed by atoms with Gasteiger partial charge in [0, 0.05) is 17.4 Å². The predicted octanol–water partition coefficient (Wildman–Crippen LogP) is -0.0391. The predicted molar refractivity (Wildman–Crippen MR) is 43.8 cm³/mol. The molecular formula is C9H15NO3-. The smallest absolute Gasteiger partial charge is 0.0524 e. The minimum atomic E-state index is -1.13. The summed E-state index contributed by atoms with van der Waals surface area (Å²) in [6.07, 6.45) is 0.353. The van der Waals surface area contributed by atoms with Gasteiger partial charge in [-0.2, -0.15) is 0 Å². The van der Waals surface area contributed by atoms with E-state index in [2.05, 4.69) is 0 Å². The van der Waals surface area contributed by atoms with E-state index in [1.807, 2.05) is 0 Å². The van der Waals surface area contributed by atoms with Crippen LogP contribution in [0.2, 0.25) is 0 Å². The standard InChI is InChI=1S/C9H16NO3/c1-8(2)5-6(7(11)12)9(3,4)10(8)13/h6H,5H2,1-4H3,(H,11,12)/p-1. The van der Waals surface area contributed by atoms with Crippen LogP contribution in [0.4, 0.5) is 0 Å². The van der Waals surface area contributed by atoms with Crippen LogP contribution in [0, 0.1) is 5.92 Å². The molecule has 0 N–H and O–H groups in total. The second-order valence-electron chi connectivity index (χ2n) is 4.84. The van der Waals surface area contributed by atoms with Gasteiger partial charge in [-0.3, -0.25) is 0 Å². The molecule has 0 amide bonds. The number of hydroxylamine groups is 2. The van der Waals surface area contributed by atoms with Crippen LogP contribution in [-0.2, 0) is 10.0 Å². The van der Waals surface area contributed by atoms with Crippen LogP contribution >= 0.6 is 0 Å². The van der Waals surface area contributed by atoms with Gasteiger partial charge >= 0.3 is 0 Å². The minimum absolute atomic E-state index is 0.353. The fraction of sp³-hybridized carbons (Fsp3) is 0.889. The van der Waals surface area contributed by atoms with Crippen molar-refractivity contribution in [3.63, 3.8) is 0 Å². The van der Waals surface area contributed by atoms with Gasteiger partial charge in [-0.15, -0.1) is 10.3 Å². The van der Waals surface area contributed by atoms with Crippen molar-refractivity contribution in [3.8, 4) is 0 Å². The second-order valence-corrected chi connectivity index (χ2v) is 4.84. The van der Waals surface area contributed by atoms with Crippen LogP contribution in [0.5, 0.6) is 0 Å². The van der Waals surface area contributed by atoms with Crippen LogP contribution in [-0.4, -0.2) is 22.1 Å². The Morgan fingerprint density at radius 1 is 1.38 bits per heavy atom. The van der Waals surface area contributed by atoms with Crippen molar-refractivity contribution in [1.82, 2.24) is 5.06 Å². The molecule has 0 aromatic carbocycles. The summed E-state index contributed by atoms with van der Waals surface area (Å²) in [6.45, 7) is 6.81. The fourth-order valence-electron chi connectivity index (χ4n) is 2.13. The molecule has 1 heterocycles. The van der Waals surface area contributed by atoms with Crippen LogP contribution in [0.3, 0.4) is 0 Å². The van der Waals surface area contributed by atoms with Crippen molar-refractivity contribution in [2.45, 2.75) is 45.2 Å². The highest BCUT2D eigenvalue weighted by atomic mass is 16.5. The third kappa shape index (κ3) is 1.44. The van der Waals surface area contributed by atoms with Crippen LogP contribution in [0.25, 0.3) is 0 Å². The summed E-state index contributed by atoms with van der Waals surface area (Å²) in [5.74, 6) is -1.81. The Morgan fingerprint density at radius 2 is 1.85 bits per heavy atom. The second kappa shape index (κ2) is 2.69. The highest BCUT2D eigenvalue weighted by Crippen LogP contribution is 2.43. The first-order chi connectivity index (χ1) is 5.69. The molecule has 1 atom stereocenters. The van der Waals surface area contributed by atoms with Crippen LogP contribution in [0.15, 0.2) is 0 Å². The highest BCUT2D eigenvalue weighted by Gasteiger charge is 2.52. The summed E-state index contributed by atoms with van der Waals surface area (Å²) in [5.41, 5.74) is -1.46.